The molecule has 1 unspecified atom stereocenters. The molecule has 156 valence electrons. The fourth-order valence-corrected chi connectivity index (χ4v) is 4.38. The second-order valence-corrected chi connectivity index (χ2v) is 7.62. The largest absolute Gasteiger partial charge is 0.490 e. The Balaban J connectivity index is 1.60. The highest BCUT2D eigenvalue weighted by Gasteiger charge is 2.35. The first-order chi connectivity index (χ1) is 14.2. The lowest BCUT2D eigenvalue weighted by atomic mass is 10.1. The van der Waals surface area contributed by atoms with Gasteiger partial charge >= 0.3 is 0 Å². The Kier molecular flexibility index (Phi) is 6.02. The molecule has 2 aromatic rings. The van der Waals surface area contributed by atoms with Crippen LogP contribution in [0.4, 0.5) is 0 Å². The number of nitrogens with zero attached hydrogens (tertiary/aromatic N) is 4. The van der Waals surface area contributed by atoms with Crippen LogP contribution in [0.3, 0.4) is 0 Å². The molecule has 0 spiro atoms. The molecule has 3 heterocycles. The number of carbonyl (C=O) groups is 1. The van der Waals surface area contributed by atoms with Gasteiger partial charge in [0.25, 0.3) is 5.91 Å². The third-order valence-electron chi connectivity index (χ3n) is 5.74. The van der Waals surface area contributed by atoms with Crippen molar-refractivity contribution in [1.29, 1.82) is 0 Å². The van der Waals surface area contributed by atoms with Crippen LogP contribution in [0.25, 0.3) is 0 Å². The second kappa shape index (κ2) is 8.84. The highest BCUT2D eigenvalue weighted by molar-refractivity contribution is 5.95. The van der Waals surface area contributed by atoms with Gasteiger partial charge in [0.1, 0.15) is 5.82 Å². The Morgan fingerprint density at radius 2 is 1.86 bits per heavy atom. The van der Waals surface area contributed by atoms with Crippen molar-refractivity contribution in [2.75, 3.05) is 19.8 Å². The predicted molar refractivity (Wildman–Crippen MR) is 109 cm³/mol. The highest BCUT2D eigenvalue weighted by atomic mass is 16.5. The average Bonchev–Trinajstić information content (AvgIpc) is 3.30. The van der Waals surface area contributed by atoms with E-state index < -0.39 is 0 Å². The summed E-state index contributed by atoms with van der Waals surface area (Å²) < 4.78 is 13.6. The van der Waals surface area contributed by atoms with Crippen molar-refractivity contribution < 1.29 is 14.3 Å². The smallest absolute Gasteiger partial charge is 0.254 e. The molecule has 7 nitrogen and oxygen atoms in total. The highest BCUT2D eigenvalue weighted by Crippen LogP contribution is 2.35. The van der Waals surface area contributed by atoms with Crippen molar-refractivity contribution in [2.24, 2.45) is 0 Å². The standard InChI is InChI=1S/C22H30N4O3/c1-3-28-18-12-11-16(15-19(18)29-4-2)22(27)25-14-8-9-17(25)21-24-23-20-10-6-5-7-13-26(20)21/h11-12,15,17H,3-10,13-14H2,1-2H3. The number of ether oxygens (including phenoxy) is 2. The van der Waals surface area contributed by atoms with E-state index in [1.165, 1.54) is 6.42 Å². The number of rotatable bonds is 6. The summed E-state index contributed by atoms with van der Waals surface area (Å²) in [7, 11) is 0. The molecule has 0 N–H and O–H groups in total. The van der Waals surface area contributed by atoms with Crippen molar-refractivity contribution in [3.8, 4) is 11.5 Å². The lowest BCUT2D eigenvalue weighted by Crippen LogP contribution is -2.32. The molecule has 0 aliphatic carbocycles. The summed E-state index contributed by atoms with van der Waals surface area (Å²) in [6.07, 6.45) is 6.42. The third kappa shape index (κ3) is 3.95. The number of benzene rings is 1. The van der Waals surface area contributed by atoms with Crippen molar-refractivity contribution in [1.82, 2.24) is 19.7 Å². The number of aryl methyl sites for hydroxylation is 1. The van der Waals surface area contributed by atoms with Gasteiger partial charge in [0.15, 0.2) is 17.3 Å². The molecular formula is C22H30N4O3. The molecule has 0 radical (unpaired) electrons. The van der Waals surface area contributed by atoms with E-state index in [-0.39, 0.29) is 11.9 Å². The minimum absolute atomic E-state index is 0.0102. The Labute approximate surface area is 172 Å². The van der Waals surface area contributed by atoms with Crippen molar-refractivity contribution in [3.63, 3.8) is 0 Å². The van der Waals surface area contributed by atoms with Crippen LogP contribution in [-0.2, 0) is 13.0 Å². The fourth-order valence-electron chi connectivity index (χ4n) is 4.38. The zero-order valence-corrected chi connectivity index (χ0v) is 17.4. The summed E-state index contributed by atoms with van der Waals surface area (Å²) in [6.45, 7) is 6.63. The molecule has 2 aliphatic rings. The number of fused-ring (bicyclic) bond motifs is 1. The van der Waals surface area contributed by atoms with Gasteiger partial charge in [-0.15, -0.1) is 10.2 Å². The van der Waals surface area contributed by atoms with Crippen LogP contribution in [0, 0.1) is 0 Å². The maximum absolute atomic E-state index is 13.4. The molecule has 1 atom stereocenters. The van der Waals surface area contributed by atoms with Crippen LogP contribution in [-0.4, -0.2) is 45.3 Å². The Hall–Kier alpha value is -2.57. The number of aromatic nitrogens is 3. The molecule has 29 heavy (non-hydrogen) atoms. The monoisotopic (exact) mass is 398 g/mol. The predicted octanol–water partition coefficient (Wildman–Crippen LogP) is 3.78. The van der Waals surface area contributed by atoms with Crippen molar-refractivity contribution in [3.05, 3.63) is 35.4 Å². The van der Waals surface area contributed by atoms with E-state index in [1.54, 1.807) is 6.07 Å². The lowest BCUT2D eigenvalue weighted by Gasteiger charge is -2.25. The molecule has 4 rings (SSSR count). The SMILES string of the molecule is CCOc1ccc(C(=O)N2CCCC2c2nnc3n2CCCCC3)cc1OCC. The number of likely N-dealkylation sites (tertiary alicyclic amines) is 1. The van der Waals surface area contributed by atoms with Crippen LogP contribution < -0.4 is 9.47 Å². The van der Waals surface area contributed by atoms with Gasteiger partial charge in [-0.1, -0.05) is 6.42 Å². The summed E-state index contributed by atoms with van der Waals surface area (Å²) in [5, 5.41) is 8.94. The van der Waals surface area contributed by atoms with Crippen LogP contribution >= 0.6 is 0 Å². The van der Waals surface area contributed by atoms with Crippen molar-refractivity contribution in [2.45, 2.75) is 65.0 Å². The molecular weight excluding hydrogens is 368 g/mol. The van der Waals surface area contributed by atoms with Gasteiger partial charge < -0.3 is 18.9 Å². The van der Waals surface area contributed by atoms with Crippen LogP contribution in [0.5, 0.6) is 11.5 Å². The van der Waals surface area contributed by atoms with Crippen molar-refractivity contribution >= 4 is 5.91 Å². The Morgan fingerprint density at radius 3 is 2.69 bits per heavy atom. The maximum atomic E-state index is 13.4. The van der Waals surface area contributed by atoms with Crippen LogP contribution in [0.15, 0.2) is 18.2 Å². The number of hydrogen-bond acceptors (Lipinski definition) is 5. The van der Waals surface area contributed by atoms with E-state index in [2.05, 4.69) is 14.8 Å². The average molecular weight is 399 g/mol. The molecule has 1 amide bonds. The maximum Gasteiger partial charge on any atom is 0.254 e. The Bertz CT molecular complexity index is 864. The summed E-state index contributed by atoms with van der Waals surface area (Å²) in [6, 6.07) is 5.45. The quantitative estimate of drug-likeness (QED) is 0.741. The topological polar surface area (TPSA) is 69.5 Å². The Morgan fingerprint density at radius 1 is 1.03 bits per heavy atom. The first kappa shape index (κ1) is 19.7. The number of amides is 1. The molecule has 2 aliphatic heterocycles. The zero-order chi connectivity index (χ0) is 20.2. The van der Waals surface area contributed by atoms with Crippen LogP contribution in [0.1, 0.15) is 74.0 Å². The van der Waals surface area contributed by atoms with Gasteiger partial charge in [-0.05, 0) is 57.7 Å². The van der Waals surface area contributed by atoms with Crippen LogP contribution in [0.2, 0.25) is 0 Å². The van der Waals surface area contributed by atoms with Gasteiger partial charge in [-0.25, -0.2) is 0 Å². The summed E-state index contributed by atoms with van der Waals surface area (Å²) >= 11 is 0. The second-order valence-electron chi connectivity index (χ2n) is 7.62. The summed E-state index contributed by atoms with van der Waals surface area (Å²) in [5.41, 5.74) is 0.624. The molecule has 0 bridgehead atoms. The van der Waals surface area contributed by atoms with E-state index >= 15 is 0 Å². The number of carbonyl (C=O) groups excluding carboxylic acids is 1. The summed E-state index contributed by atoms with van der Waals surface area (Å²) in [4.78, 5) is 15.3. The normalized spacial score (nSPS) is 19.0. The van der Waals surface area contributed by atoms with E-state index in [0.717, 1.165) is 56.8 Å². The van der Waals surface area contributed by atoms with Gasteiger partial charge in [0.05, 0.1) is 19.3 Å². The minimum Gasteiger partial charge on any atom is -0.490 e. The molecule has 1 saturated heterocycles. The molecule has 7 heteroatoms. The summed E-state index contributed by atoms with van der Waals surface area (Å²) in [5.74, 6) is 3.32. The lowest BCUT2D eigenvalue weighted by molar-refractivity contribution is 0.0726. The van der Waals surface area contributed by atoms with Gasteiger partial charge in [0.2, 0.25) is 0 Å². The number of hydrogen-bond donors (Lipinski definition) is 0. The van der Waals surface area contributed by atoms with Gasteiger partial charge in [0, 0.05) is 25.1 Å². The molecule has 1 fully saturated rings. The first-order valence-corrected chi connectivity index (χ1v) is 10.9. The van der Waals surface area contributed by atoms with E-state index in [0.29, 0.717) is 30.3 Å². The minimum atomic E-state index is -0.0102. The van der Waals surface area contributed by atoms with E-state index in [1.807, 2.05) is 30.9 Å². The zero-order valence-electron chi connectivity index (χ0n) is 17.4. The fraction of sp³-hybridized carbons (Fsp3) is 0.591. The molecule has 1 aromatic heterocycles. The van der Waals surface area contributed by atoms with E-state index in [9.17, 15) is 4.79 Å². The van der Waals surface area contributed by atoms with E-state index in [4.69, 9.17) is 9.47 Å². The van der Waals surface area contributed by atoms with Gasteiger partial charge in [-0.2, -0.15) is 0 Å². The molecule has 0 saturated carbocycles. The third-order valence-corrected chi connectivity index (χ3v) is 5.74. The van der Waals surface area contributed by atoms with Gasteiger partial charge in [-0.3, -0.25) is 4.79 Å². The molecule has 1 aromatic carbocycles. The first-order valence-electron chi connectivity index (χ1n) is 10.9.